The molecule has 1 heterocycles. The molecule has 0 amide bonds. The summed E-state index contributed by atoms with van der Waals surface area (Å²) in [4.78, 5) is 17.5. The molecule has 0 saturated carbocycles. The summed E-state index contributed by atoms with van der Waals surface area (Å²) in [6.07, 6.45) is 0.0697. The summed E-state index contributed by atoms with van der Waals surface area (Å²) >= 11 is 1.59. The molecule has 0 aliphatic rings. The molecule has 0 N–H and O–H groups in total. The van der Waals surface area contributed by atoms with E-state index in [0.717, 1.165) is 10.7 Å². The van der Waals surface area contributed by atoms with Crippen LogP contribution in [0.2, 0.25) is 0 Å². The third kappa shape index (κ3) is 3.12. The number of aryl methyl sites for hydroxylation is 2. The van der Waals surface area contributed by atoms with Crippen LogP contribution in [0, 0.1) is 19.8 Å². The van der Waals surface area contributed by atoms with Gasteiger partial charge < -0.3 is 4.74 Å². The van der Waals surface area contributed by atoms with Gasteiger partial charge in [0, 0.05) is 12.0 Å². The maximum absolute atomic E-state index is 11.9. The fraction of sp³-hybridized carbons (Fsp3) is 0.667. The number of nitrogens with zero attached hydrogens (tertiary/aromatic N) is 1. The highest BCUT2D eigenvalue weighted by Gasteiger charge is 2.22. The third-order valence-electron chi connectivity index (χ3n) is 2.58. The number of methoxy groups -OCH3 is 1. The van der Waals surface area contributed by atoms with Crippen LogP contribution in [0.25, 0.3) is 0 Å². The summed E-state index contributed by atoms with van der Waals surface area (Å²) in [6.45, 7) is 7.97. The molecular formula is C12H19NO2S. The highest BCUT2D eigenvalue weighted by molar-refractivity contribution is 7.11. The van der Waals surface area contributed by atoms with Crippen molar-refractivity contribution in [1.82, 2.24) is 4.98 Å². The number of rotatable bonds is 5. The molecular weight excluding hydrogens is 222 g/mol. The fourth-order valence-electron chi connectivity index (χ4n) is 1.64. The van der Waals surface area contributed by atoms with E-state index >= 15 is 0 Å². The second-order valence-electron chi connectivity index (χ2n) is 4.29. The van der Waals surface area contributed by atoms with Gasteiger partial charge in [-0.25, -0.2) is 4.98 Å². The normalized spacial score (nSPS) is 13.1. The first-order chi connectivity index (χ1) is 7.45. The molecule has 4 heteroatoms. The second-order valence-corrected chi connectivity index (χ2v) is 5.58. The van der Waals surface area contributed by atoms with Crippen LogP contribution >= 0.6 is 11.3 Å². The molecule has 0 aliphatic carbocycles. The molecule has 0 radical (unpaired) electrons. The molecule has 0 spiro atoms. The first-order valence-electron chi connectivity index (χ1n) is 5.44. The van der Waals surface area contributed by atoms with Crippen molar-refractivity contribution < 1.29 is 9.53 Å². The van der Waals surface area contributed by atoms with Gasteiger partial charge in [0.15, 0.2) is 5.78 Å². The lowest BCUT2D eigenvalue weighted by molar-refractivity contribution is -0.130. The van der Waals surface area contributed by atoms with E-state index in [0.29, 0.717) is 6.42 Å². The summed E-state index contributed by atoms with van der Waals surface area (Å²) < 4.78 is 5.21. The van der Waals surface area contributed by atoms with Gasteiger partial charge in [-0.15, -0.1) is 11.3 Å². The number of carbonyl (C=O) groups excluding carboxylic acids is 1. The Morgan fingerprint density at radius 1 is 1.44 bits per heavy atom. The summed E-state index contributed by atoms with van der Waals surface area (Å²) in [5, 5.41) is 0.891. The predicted octanol–water partition coefficient (Wildman–Crippen LogP) is 2.54. The Bertz CT molecular complexity index is 352. The molecule has 1 unspecified atom stereocenters. The number of hydrogen-bond donors (Lipinski definition) is 0. The van der Waals surface area contributed by atoms with Crippen molar-refractivity contribution >= 4 is 17.1 Å². The molecule has 1 rings (SSSR count). The summed E-state index contributed by atoms with van der Waals surface area (Å²) in [6, 6.07) is 0. The van der Waals surface area contributed by atoms with E-state index in [2.05, 4.69) is 4.98 Å². The highest BCUT2D eigenvalue weighted by Crippen LogP contribution is 2.18. The second kappa shape index (κ2) is 5.55. The Hall–Kier alpha value is -0.740. The maximum Gasteiger partial charge on any atom is 0.168 e. The lowest BCUT2D eigenvalue weighted by atomic mass is 10.0. The van der Waals surface area contributed by atoms with Crippen LogP contribution in [0.5, 0.6) is 0 Å². The quantitative estimate of drug-likeness (QED) is 0.795. The molecule has 16 heavy (non-hydrogen) atoms. The summed E-state index contributed by atoms with van der Waals surface area (Å²) in [5.41, 5.74) is 1.02. The molecule has 3 nitrogen and oxygen atoms in total. The van der Waals surface area contributed by atoms with Crippen LogP contribution in [-0.2, 0) is 16.0 Å². The number of Topliss-reactive ketones (excluding diaryl/α,β-unsaturated/α-hetero) is 1. The number of hydrogen-bond acceptors (Lipinski definition) is 4. The SMILES string of the molecule is COC(C(=O)Cc1nc(C)c(C)s1)C(C)C. The molecule has 0 saturated heterocycles. The summed E-state index contributed by atoms with van der Waals surface area (Å²) in [5.74, 6) is 0.325. The van der Waals surface area contributed by atoms with Crippen LogP contribution in [0.3, 0.4) is 0 Å². The van der Waals surface area contributed by atoms with Gasteiger partial charge in [-0.2, -0.15) is 0 Å². The van der Waals surface area contributed by atoms with Crippen molar-refractivity contribution in [3.05, 3.63) is 15.6 Å². The Kier molecular flexibility index (Phi) is 4.62. The predicted molar refractivity (Wildman–Crippen MR) is 65.9 cm³/mol. The van der Waals surface area contributed by atoms with Crippen LogP contribution in [0.4, 0.5) is 0 Å². The molecule has 90 valence electrons. The number of ketones is 1. The Morgan fingerprint density at radius 2 is 2.06 bits per heavy atom. The monoisotopic (exact) mass is 241 g/mol. The molecule has 0 aliphatic heterocycles. The molecule has 1 atom stereocenters. The van der Waals surface area contributed by atoms with E-state index in [1.807, 2.05) is 27.7 Å². The van der Waals surface area contributed by atoms with Crippen LogP contribution < -0.4 is 0 Å². The van der Waals surface area contributed by atoms with Crippen molar-refractivity contribution in [1.29, 1.82) is 0 Å². The summed E-state index contributed by atoms with van der Waals surface area (Å²) in [7, 11) is 1.58. The van der Waals surface area contributed by atoms with Crippen LogP contribution in [0.1, 0.15) is 29.4 Å². The highest BCUT2D eigenvalue weighted by atomic mass is 32.1. The molecule has 0 aromatic carbocycles. The van der Waals surface area contributed by atoms with Gasteiger partial charge in [0.1, 0.15) is 11.1 Å². The van der Waals surface area contributed by atoms with Crippen molar-refractivity contribution in [3.63, 3.8) is 0 Å². The average Bonchev–Trinajstić information content (AvgIpc) is 2.45. The van der Waals surface area contributed by atoms with Gasteiger partial charge in [-0.1, -0.05) is 13.8 Å². The van der Waals surface area contributed by atoms with E-state index in [-0.39, 0.29) is 17.8 Å². The van der Waals surface area contributed by atoms with Crippen molar-refractivity contribution in [3.8, 4) is 0 Å². The first kappa shape index (κ1) is 13.3. The lowest BCUT2D eigenvalue weighted by Gasteiger charge is -2.16. The lowest BCUT2D eigenvalue weighted by Crippen LogP contribution is -2.29. The van der Waals surface area contributed by atoms with Gasteiger partial charge in [-0.3, -0.25) is 4.79 Å². The fourth-order valence-corrected chi connectivity index (χ4v) is 2.58. The van der Waals surface area contributed by atoms with Crippen LogP contribution in [0.15, 0.2) is 0 Å². The van der Waals surface area contributed by atoms with Crippen LogP contribution in [-0.4, -0.2) is 24.0 Å². The van der Waals surface area contributed by atoms with Crippen molar-refractivity contribution in [2.24, 2.45) is 5.92 Å². The standard InChI is InChI=1S/C12H19NO2S/c1-7(2)12(15-5)10(14)6-11-13-8(3)9(4)16-11/h7,12H,6H2,1-5H3. The van der Waals surface area contributed by atoms with Crippen molar-refractivity contribution in [2.75, 3.05) is 7.11 Å². The van der Waals surface area contributed by atoms with E-state index in [4.69, 9.17) is 4.74 Å². The number of carbonyl (C=O) groups is 1. The topological polar surface area (TPSA) is 39.2 Å². The zero-order valence-corrected chi connectivity index (χ0v) is 11.4. The number of thiazole rings is 1. The molecule has 0 fully saturated rings. The molecule has 0 bridgehead atoms. The van der Waals surface area contributed by atoms with E-state index in [1.54, 1.807) is 18.4 Å². The Morgan fingerprint density at radius 3 is 2.44 bits per heavy atom. The maximum atomic E-state index is 11.9. The Balaban J connectivity index is 2.70. The van der Waals surface area contributed by atoms with E-state index < -0.39 is 0 Å². The van der Waals surface area contributed by atoms with Gasteiger partial charge in [0.2, 0.25) is 0 Å². The smallest absolute Gasteiger partial charge is 0.168 e. The molecule has 1 aromatic rings. The largest absolute Gasteiger partial charge is 0.373 e. The van der Waals surface area contributed by atoms with Gasteiger partial charge >= 0.3 is 0 Å². The zero-order chi connectivity index (χ0) is 12.3. The number of ether oxygens (including phenoxy) is 1. The van der Waals surface area contributed by atoms with Gasteiger partial charge in [0.05, 0.1) is 12.1 Å². The van der Waals surface area contributed by atoms with Crippen molar-refractivity contribution in [2.45, 2.75) is 40.2 Å². The molecule has 1 aromatic heterocycles. The van der Waals surface area contributed by atoms with Gasteiger partial charge in [0.25, 0.3) is 0 Å². The van der Waals surface area contributed by atoms with E-state index in [1.165, 1.54) is 4.88 Å². The van der Waals surface area contributed by atoms with E-state index in [9.17, 15) is 4.79 Å². The first-order valence-corrected chi connectivity index (χ1v) is 6.25. The minimum atomic E-state index is -0.315. The third-order valence-corrected chi connectivity index (χ3v) is 3.65. The minimum Gasteiger partial charge on any atom is -0.373 e. The Labute approximate surface area is 101 Å². The number of aromatic nitrogens is 1. The zero-order valence-electron chi connectivity index (χ0n) is 10.5. The minimum absolute atomic E-state index is 0.117. The van der Waals surface area contributed by atoms with Gasteiger partial charge in [-0.05, 0) is 19.8 Å². The average molecular weight is 241 g/mol.